The van der Waals surface area contributed by atoms with Crippen LogP contribution in [0.2, 0.25) is 0 Å². The molecule has 0 radical (unpaired) electrons. The lowest BCUT2D eigenvalue weighted by Gasteiger charge is -2.45. The standard InChI is InChI=1S/C25H28F5N5O/c1-17(24(36,14-35-16-31-15-32-35)22-7-6-19(26)13-23(22)27)33(2)20-8-10-34(11-9-20)21-5-3-4-18(12-21)25(28,29)30/h3-7,12-13,15-17,20,36H,8-11,14H2,1-2H3/t17-,24-/m1/s1. The molecule has 1 saturated heterocycles. The average molecular weight is 510 g/mol. The predicted molar refractivity (Wildman–Crippen MR) is 124 cm³/mol. The van der Waals surface area contributed by atoms with Crippen LogP contribution < -0.4 is 4.90 Å². The van der Waals surface area contributed by atoms with Crippen molar-refractivity contribution in [2.45, 2.75) is 50.2 Å². The summed E-state index contributed by atoms with van der Waals surface area (Å²) in [7, 11) is 1.82. The van der Waals surface area contributed by atoms with E-state index in [1.165, 1.54) is 29.5 Å². The lowest BCUT2D eigenvalue weighted by molar-refractivity contribution is -0.137. The number of alkyl halides is 3. The third kappa shape index (κ3) is 5.36. The maximum Gasteiger partial charge on any atom is 0.416 e. The zero-order valence-electron chi connectivity index (χ0n) is 20.0. The molecule has 6 nitrogen and oxygen atoms in total. The molecule has 1 aliphatic heterocycles. The van der Waals surface area contributed by atoms with Gasteiger partial charge in [-0.15, -0.1) is 0 Å². The summed E-state index contributed by atoms with van der Waals surface area (Å²) < 4.78 is 69.2. The second-order valence-corrected chi connectivity index (χ2v) is 9.25. The predicted octanol–water partition coefficient (Wildman–Crippen LogP) is 4.45. The molecule has 1 aliphatic rings. The number of benzene rings is 2. The van der Waals surface area contributed by atoms with Crippen LogP contribution in [0.3, 0.4) is 0 Å². The smallest absolute Gasteiger partial charge is 0.381 e. The van der Waals surface area contributed by atoms with E-state index in [4.69, 9.17) is 0 Å². The molecular weight excluding hydrogens is 481 g/mol. The summed E-state index contributed by atoms with van der Waals surface area (Å²) >= 11 is 0. The van der Waals surface area contributed by atoms with Crippen LogP contribution in [-0.4, -0.2) is 57.0 Å². The van der Waals surface area contributed by atoms with Crippen molar-refractivity contribution < 1.29 is 27.1 Å². The average Bonchev–Trinajstić information content (AvgIpc) is 3.35. The molecule has 0 bridgehead atoms. The SMILES string of the molecule is C[C@@H](N(C)C1CCN(c2cccc(C(F)(F)F)c2)CC1)[C@](O)(Cn1cncn1)c1ccc(F)cc1F. The summed E-state index contributed by atoms with van der Waals surface area (Å²) in [5.41, 5.74) is -2.00. The van der Waals surface area contributed by atoms with Gasteiger partial charge in [0, 0.05) is 42.5 Å². The molecule has 0 amide bonds. The maximum atomic E-state index is 14.8. The fourth-order valence-electron chi connectivity index (χ4n) is 4.91. The number of hydrogen-bond donors (Lipinski definition) is 1. The largest absolute Gasteiger partial charge is 0.416 e. The first-order valence-corrected chi connectivity index (χ1v) is 11.6. The van der Waals surface area contributed by atoms with Gasteiger partial charge in [-0.3, -0.25) is 4.90 Å². The highest BCUT2D eigenvalue weighted by Gasteiger charge is 2.43. The van der Waals surface area contributed by atoms with E-state index in [0.29, 0.717) is 31.6 Å². The number of rotatable bonds is 7. The topological polar surface area (TPSA) is 57.4 Å². The normalized spacial score (nSPS) is 17.9. The Morgan fingerprint density at radius 2 is 1.83 bits per heavy atom. The van der Waals surface area contributed by atoms with Crippen LogP contribution in [0, 0.1) is 11.6 Å². The van der Waals surface area contributed by atoms with Crippen molar-refractivity contribution in [2.24, 2.45) is 0 Å². The van der Waals surface area contributed by atoms with Crippen LogP contribution in [0.15, 0.2) is 55.1 Å². The summed E-state index contributed by atoms with van der Waals surface area (Å²) in [6.45, 7) is 2.70. The lowest BCUT2D eigenvalue weighted by Crippen LogP contribution is -2.55. The number of piperidine rings is 1. The molecular formula is C25H28F5N5O. The van der Waals surface area contributed by atoms with Gasteiger partial charge in [0.1, 0.15) is 29.9 Å². The van der Waals surface area contributed by atoms with Crippen molar-refractivity contribution in [3.63, 3.8) is 0 Å². The Balaban J connectivity index is 1.52. The zero-order chi connectivity index (χ0) is 26.1. The molecule has 4 rings (SSSR count). The van der Waals surface area contributed by atoms with Crippen LogP contribution in [0.5, 0.6) is 0 Å². The molecule has 1 fully saturated rings. The Morgan fingerprint density at radius 3 is 2.44 bits per heavy atom. The highest BCUT2D eigenvalue weighted by atomic mass is 19.4. The number of likely N-dealkylation sites (N-methyl/N-ethyl adjacent to an activating group) is 1. The summed E-state index contributed by atoms with van der Waals surface area (Å²) in [6, 6.07) is 7.71. The van der Waals surface area contributed by atoms with Crippen LogP contribution in [0.25, 0.3) is 0 Å². The molecule has 2 heterocycles. The lowest BCUT2D eigenvalue weighted by atomic mass is 9.84. The molecule has 36 heavy (non-hydrogen) atoms. The Labute approximate surface area is 206 Å². The minimum absolute atomic E-state index is 0.0205. The van der Waals surface area contributed by atoms with Gasteiger partial charge in [-0.25, -0.2) is 18.4 Å². The molecule has 1 aromatic heterocycles. The minimum atomic E-state index is -4.41. The van der Waals surface area contributed by atoms with Gasteiger partial charge >= 0.3 is 6.18 Å². The first kappa shape index (κ1) is 26.0. The first-order valence-electron chi connectivity index (χ1n) is 11.6. The van der Waals surface area contributed by atoms with Gasteiger partial charge in [-0.2, -0.15) is 18.3 Å². The highest BCUT2D eigenvalue weighted by Crippen LogP contribution is 2.36. The van der Waals surface area contributed by atoms with Crippen LogP contribution in [0.1, 0.15) is 30.9 Å². The number of halogens is 5. The first-order chi connectivity index (χ1) is 17.0. The maximum absolute atomic E-state index is 14.8. The van der Waals surface area contributed by atoms with E-state index >= 15 is 0 Å². The van der Waals surface area contributed by atoms with Crippen molar-refractivity contribution in [1.29, 1.82) is 0 Å². The second-order valence-electron chi connectivity index (χ2n) is 9.25. The van der Waals surface area contributed by atoms with E-state index in [0.717, 1.165) is 24.3 Å². The van der Waals surface area contributed by atoms with Gasteiger partial charge in [-0.1, -0.05) is 12.1 Å². The summed E-state index contributed by atoms with van der Waals surface area (Å²) in [6.07, 6.45) is -0.440. The van der Waals surface area contributed by atoms with Crippen LogP contribution >= 0.6 is 0 Å². The minimum Gasteiger partial charge on any atom is -0.381 e. The van der Waals surface area contributed by atoms with Crippen LogP contribution in [0.4, 0.5) is 27.6 Å². The van der Waals surface area contributed by atoms with Gasteiger partial charge in [0.15, 0.2) is 0 Å². The number of hydrogen-bond acceptors (Lipinski definition) is 5. The van der Waals surface area contributed by atoms with Crippen molar-refractivity contribution in [3.05, 3.63) is 77.9 Å². The summed E-state index contributed by atoms with van der Waals surface area (Å²) in [5, 5.41) is 15.9. The number of aliphatic hydroxyl groups is 1. The van der Waals surface area contributed by atoms with Gasteiger partial charge < -0.3 is 10.0 Å². The van der Waals surface area contributed by atoms with Crippen molar-refractivity contribution in [3.8, 4) is 0 Å². The van der Waals surface area contributed by atoms with Crippen molar-refractivity contribution >= 4 is 5.69 Å². The molecule has 0 unspecified atom stereocenters. The van der Waals surface area contributed by atoms with Gasteiger partial charge in [0.05, 0.1) is 12.1 Å². The molecule has 11 heteroatoms. The van der Waals surface area contributed by atoms with E-state index in [1.54, 1.807) is 13.0 Å². The summed E-state index contributed by atoms with van der Waals surface area (Å²) in [4.78, 5) is 7.74. The Kier molecular flexibility index (Phi) is 7.33. The monoisotopic (exact) mass is 509 g/mol. The molecule has 2 atom stereocenters. The number of nitrogens with zero attached hydrogens (tertiary/aromatic N) is 5. The molecule has 0 aliphatic carbocycles. The Bertz CT molecular complexity index is 1160. The van der Waals surface area contributed by atoms with Gasteiger partial charge in [0.2, 0.25) is 0 Å². The molecule has 0 spiro atoms. The number of aromatic nitrogens is 3. The van der Waals surface area contributed by atoms with Crippen molar-refractivity contribution in [1.82, 2.24) is 19.7 Å². The van der Waals surface area contributed by atoms with E-state index in [2.05, 4.69) is 10.1 Å². The highest BCUT2D eigenvalue weighted by molar-refractivity contribution is 5.49. The van der Waals surface area contributed by atoms with E-state index in [-0.39, 0.29) is 18.2 Å². The third-order valence-corrected chi connectivity index (χ3v) is 7.15. The Morgan fingerprint density at radius 1 is 1.11 bits per heavy atom. The Hall–Kier alpha value is -3.05. The summed E-state index contributed by atoms with van der Waals surface area (Å²) in [5.74, 6) is -1.61. The quantitative estimate of drug-likeness (QED) is 0.477. The fourth-order valence-corrected chi connectivity index (χ4v) is 4.91. The second kappa shape index (κ2) is 10.1. The molecule has 2 aromatic carbocycles. The van der Waals surface area contributed by atoms with Crippen molar-refractivity contribution in [2.75, 3.05) is 25.0 Å². The van der Waals surface area contributed by atoms with E-state index < -0.39 is 35.0 Å². The molecule has 0 saturated carbocycles. The van der Waals surface area contributed by atoms with E-state index in [9.17, 15) is 27.1 Å². The van der Waals surface area contributed by atoms with Gasteiger partial charge in [-0.05, 0) is 51.1 Å². The number of anilines is 1. The fraction of sp³-hybridized carbons (Fsp3) is 0.440. The molecule has 1 N–H and O–H groups in total. The molecule has 194 valence electrons. The zero-order valence-corrected chi connectivity index (χ0v) is 20.0. The van der Waals surface area contributed by atoms with E-state index in [1.807, 2.05) is 16.8 Å². The molecule has 3 aromatic rings. The van der Waals surface area contributed by atoms with Gasteiger partial charge in [0.25, 0.3) is 0 Å². The van der Waals surface area contributed by atoms with Crippen LogP contribution in [-0.2, 0) is 18.3 Å². The third-order valence-electron chi connectivity index (χ3n) is 7.15.